The molecule has 2 heterocycles. The number of hydrogen-bond acceptors (Lipinski definition) is 8. The van der Waals surface area contributed by atoms with E-state index < -0.39 is 11.9 Å². The Hall–Kier alpha value is -3.37. The van der Waals surface area contributed by atoms with Crippen molar-refractivity contribution in [3.05, 3.63) is 46.1 Å². The smallest absolute Gasteiger partial charge is 0.300 e. The third-order valence-corrected chi connectivity index (χ3v) is 5.60. The summed E-state index contributed by atoms with van der Waals surface area (Å²) >= 11 is 1.70. The summed E-state index contributed by atoms with van der Waals surface area (Å²) < 4.78 is 0. The summed E-state index contributed by atoms with van der Waals surface area (Å²) in [5, 5.41) is 30.6. The molecule has 3 aromatic rings. The lowest BCUT2D eigenvalue weighted by molar-refractivity contribution is -0.135. The molecule has 0 spiro atoms. The fourth-order valence-corrected chi connectivity index (χ4v) is 4.49. The van der Waals surface area contributed by atoms with E-state index in [-0.39, 0.29) is 11.2 Å². The van der Waals surface area contributed by atoms with Crippen LogP contribution in [0.4, 0.5) is 5.69 Å². The van der Waals surface area contributed by atoms with Gasteiger partial charge in [-0.3, -0.25) is 14.4 Å². The third-order valence-electron chi connectivity index (χ3n) is 4.64. The highest BCUT2D eigenvalue weighted by molar-refractivity contribution is 7.99. The minimum absolute atomic E-state index is 0.0144. The Bertz CT molecular complexity index is 1240. The molecule has 4 N–H and O–H groups in total. The maximum absolute atomic E-state index is 11.8. The summed E-state index contributed by atoms with van der Waals surface area (Å²) in [7, 11) is 4.10. The Morgan fingerprint density at radius 1 is 1.09 bits per heavy atom. The van der Waals surface area contributed by atoms with Crippen molar-refractivity contribution >= 4 is 51.2 Å². The van der Waals surface area contributed by atoms with Gasteiger partial charge in [0, 0.05) is 48.4 Å². The van der Waals surface area contributed by atoms with Crippen molar-refractivity contribution in [3.63, 3.8) is 0 Å². The largest absolute Gasteiger partial charge is 0.506 e. The molecule has 0 radical (unpaired) electrons. The van der Waals surface area contributed by atoms with Crippen LogP contribution in [0.5, 0.6) is 5.75 Å². The number of hydrogen-bond donors (Lipinski definition) is 4. The van der Waals surface area contributed by atoms with E-state index in [0.717, 1.165) is 71.4 Å². The number of fused-ring (bicyclic) bond motifs is 2. The van der Waals surface area contributed by atoms with E-state index in [4.69, 9.17) is 24.8 Å². The number of nitrogens with zero attached hydrogens (tertiary/aromatic N) is 2. The van der Waals surface area contributed by atoms with Crippen molar-refractivity contribution < 1.29 is 24.9 Å². The summed E-state index contributed by atoms with van der Waals surface area (Å²) in [6, 6.07) is 8.86. The van der Waals surface area contributed by atoms with Crippen molar-refractivity contribution in [2.45, 2.75) is 25.2 Å². The average Bonchev–Trinajstić information content (AvgIpc) is 2.85. The molecule has 0 bridgehead atoms. The van der Waals surface area contributed by atoms with E-state index in [2.05, 4.69) is 10.2 Å². The van der Waals surface area contributed by atoms with Crippen LogP contribution in [0, 0.1) is 0 Å². The molecule has 1 aliphatic heterocycles. The van der Waals surface area contributed by atoms with E-state index in [0.29, 0.717) is 5.69 Å². The number of carbonyl (C=O) groups is 2. The fraction of sp³-hybridized carbons (Fsp3) is 0.333. The lowest BCUT2D eigenvalue weighted by Gasteiger charge is -2.19. The average molecular weight is 488 g/mol. The van der Waals surface area contributed by atoms with Gasteiger partial charge in [0.1, 0.15) is 5.75 Å². The lowest BCUT2D eigenvalue weighted by atomic mass is 9.97. The van der Waals surface area contributed by atoms with Gasteiger partial charge >= 0.3 is 0 Å². The predicted molar refractivity (Wildman–Crippen MR) is 135 cm³/mol. The van der Waals surface area contributed by atoms with Crippen molar-refractivity contribution in [1.82, 2.24) is 9.88 Å². The number of aromatic hydroxyl groups is 1. The summed E-state index contributed by atoms with van der Waals surface area (Å²) in [6.45, 7) is 3.85. The zero-order valence-electron chi connectivity index (χ0n) is 19.6. The number of nitrogens with one attached hydrogen (secondary N) is 1. The highest BCUT2D eigenvalue weighted by atomic mass is 32.2. The van der Waals surface area contributed by atoms with Crippen LogP contribution < -0.4 is 10.7 Å². The number of carboxylic acids is 2. The Morgan fingerprint density at radius 2 is 1.74 bits per heavy atom. The van der Waals surface area contributed by atoms with Gasteiger partial charge in [0.25, 0.3) is 11.9 Å². The number of rotatable bonds is 4. The summed E-state index contributed by atoms with van der Waals surface area (Å²) in [5.41, 5.74) is 3.47. The normalized spacial score (nSPS) is 11.7. The molecule has 0 saturated carbocycles. The molecule has 4 rings (SSSR count). The van der Waals surface area contributed by atoms with Crippen molar-refractivity contribution in [2.24, 2.45) is 0 Å². The van der Waals surface area contributed by atoms with Crippen molar-refractivity contribution in [1.29, 1.82) is 0 Å². The molecule has 9 nitrogen and oxygen atoms in total. The topological polar surface area (TPSA) is 140 Å². The Kier molecular flexibility index (Phi) is 9.64. The van der Waals surface area contributed by atoms with Crippen LogP contribution in [-0.4, -0.2) is 70.1 Å². The first kappa shape index (κ1) is 26.9. The van der Waals surface area contributed by atoms with Crippen LogP contribution in [0.25, 0.3) is 21.8 Å². The molecule has 1 aromatic heterocycles. The molecule has 2 aromatic carbocycles. The number of carboxylic acid groups (broad SMARTS) is 2. The number of thioether (sulfide) groups is 1. The molecular formula is C24H29N3O6S. The minimum Gasteiger partial charge on any atom is -0.506 e. The molecular weight excluding hydrogens is 458 g/mol. The Morgan fingerprint density at radius 3 is 2.35 bits per heavy atom. The molecule has 0 amide bonds. The van der Waals surface area contributed by atoms with Crippen molar-refractivity contribution in [3.8, 4) is 5.75 Å². The van der Waals surface area contributed by atoms with Gasteiger partial charge in [0.2, 0.25) is 0 Å². The van der Waals surface area contributed by atoms with Crippen LogP contribution in [0.1, 0.15) is 19.4 Å². The number of aliphatic carboxylic acids is 2. The number of anilines is 1. The monoisotopic (exact) mass is 487 g/mol. The molecule has 0 aliphatic carbocycles. The van der Waals surface area contributed by atoms with E-state index in [1.165, 1.54) is 0 Å². The predicted octanol–water partition coefficient (Wildman–Crippen LogP) is 3.26. The highest BCUT2D eigenvalue weighted by Crippen LogP contribution is 2.40. The molecule has 1 aliphatic rings. The second kappa shape index (κ2) is 12.2. The number of aromatic nitrogens is 1. The van der Waals surface area contributed by atoms with E-state index in [1.54, 1.807) is 30.0 Å². The molecule has 182 valence electrons. The Balaban J connectivity index is 0.000000446. The summed E-state index contributed by atoms with van der Waals surface area (Å²) in [4.78, 5) is 37.8. The molecule has 0 atom stereocenters. The van der Waals surface area contributed by atoms with Gasteiger partial charge in [-0.05, 0) is 56.4 Å². The SMILES string of the molecule is CC(=O)O.CC(=O)O.CN(C)CCSc1cc(O)c2c3c(c4cc(=O)ccc4nc3c1)CCN2. The molecule has 10 heteroatoms. The lowest BCUT2D eigenvalue weighted by Crippen LogP contribution is -2.14. The zero-order valence-corrected chi connectivity index (χ0v) is 20.4. The van der Waals surface area contributed by atoms with Gasteiger partial charge in [-0.15, -0.1) is 11.8 Å². The fourth-order valence-electron chi connectivity index (χ4n) is 3.40. The van der Waals surface area contributed by atoms with Crippen molar-refractivity contribution in [2.75, 3.05) is 38.3 Å². The number of pyridine rings is 1. The van der Waals surface area contributed by atoms with E-state index >= 15 is 0 Å². The highest BCUT2D eigenvalue weighted by Gasteiger charge is 2.19. The standard InChI is InChI=1S/C20H21N3O2S.2C2H4O2/c1-23(2)7-8-26-13-10-17-19-14(5-6-21-20(19)18(25)11-13)15-9-12(24)3-4-16(15)22-17;2*1-2(3)4/h3-4,9-11,21,25H,5-8H2,1-2H3;2*1H3,(H,3,4). The van der Waals surface area contributed by atoms with Crippen LogP contribution in [0.2, 0.25) is 0 Å². The summed E-state index contributed by atoms with van der Waals surface area (Å²) in [6.07, 6.45) is 0.804. The number of benzene rings is 1. The Labute approximate surface area is 201 Å². The first-order valence-corrected chi connectivity index (χ1v) is 11.5. The van der Waals surface area contributed by atoms with Gasteiger partial charge in [-0.2, -0.15) is 0 Å². The summed E-state index contributed by atoms with van der Waals surface area (Å²) in [5.74, 6) is -0.506. The molecule has 34 heavy (non-hydrogen) atoms. The van der Waals surface area contributed by atoms with Gasteiger partial charge in [0.05, 0.1) is 16.7 Å². The van der Waals surface area contributed by atoms with Crippen LogP contribution in [-0.2, 0) is 16.0 Å². The maximum Gasteiger partial charge on any atom is 0.300 e. The first-order valence-electron chi connectivity index (χ1n) is 10.5. The van der Waals surface area contributed by atoms with E-state index in [1.807, 2.05) is 26.2 Å². The first-order chi connectivity index (χ1) is 16.0. The van der Waals surface area contributed by atoms with Gasteiger partial charge in [-0.1, -0.05) is 0 Å². The van der Waals surface area contributed by atoms with Gasteiger partial charge < -0.3 is 25.5 Å². The molecule has 0 unspecified atom stereocenters. The van der Waals surface area contributed by atoms with Gasteiger partial charge in [0.15, 0.2) is 5.43 Å². The second-order valence-corrected chi connectivity index (χ2v) is 9.02. The maximum atomic E-state index is 11.8. The minimum atomic E-state index is -0.833. The van der Waals surface area contributed by atoms with E-state index in [9.17, 15) is 9.90 Å². The van der Waals surface area contributed by atoms with Crippen LogP contribution in [0.3, 0.4) is 0 Å². The van der Waals surface area contributed by atoms with Crippen LogP contribution >= 0.6 is 11.8 Å². The molecule has 0 fully saturated rings. The quantitative estimate of drug-likeness (QED) is 0.405. The third kappa shape index (κ3) is 7.60. The molecule has 0 saturated heterocycles. The van der Waals surface area contributed by atoms with Gasteiger partial charge in [-0.25, -0.2) is 4.98 Å². The second-order valence-electron chi connectivity index (χ2n) is 7.85. The van der Waals surface area contributed by atoms with Crippen LogP contribution in [0.15, 0.2) is 40.0 Å². The zero-order chi connectivity index (χ0) is 25.4.